The molecule has 6 unspecified atom stereocenters. The number of aliphatic hydroxyl groups is 2. The lowest BCUT2D eigenvalue weighted by atomic mass is 9.98. The van der Waals surface area contributed by atoms with E-state index < -0.39 is 73.9 Å². The molecule has 0 aromatic carbocycles. The van der Waals surface area contributed by atoms with Crippen LogP contribution in [0.1, 0.15) is 175 Å². The molecule has 1 heterocycles. The van der Waals surface area contributed by atoms with Gasteiger partial charge in [0.05, 0.1) is 13.0 Å². The van der Waals surface area contributed by atoms with Crippen LogP contribution in [0.15, 0.2) is 158 Å². The summed E-state index contributed by atoms with van der Waals surface area (Å²) in [7, 11) is 0. The van der Waals surface area contributed by atoms with Gasteiger partial charge in [0, 0.05) is 12.8 Å². The van der Waals surface area contributed by atoms with E-state index in [2.05, 4.69) is 142 Å². The van der Waals surface area contributed by atoms with Gasteiger partial charge in [0.2, 0.25) is 0 Å². The Kier molecular flexibility index (Phi) is 46.0. The summed E-state index contributed by atoms with van der Waals surface area (Å²) >= 11 is 0. The first-order chi connectivity index (χ1) is 37.6. The van der Waals surface area contributed by atoms with Gasteiger partial charge >= 0.3 is 23.9 Å². The van der Waals surface area contributed by atoms with Gasteiger partial charge in [-0.3, -0.25) is 14.4 Å². The zero-order chi connectivity index (χ0) is 56.1. The van der Waals surface area contributed by atoms with Gasteiger partial charge in [-0.1, -0.05) is 198 Å². The molecule has 77 heavy (non-hydrogen) atoms. The first-order valence-electron chi connectivity index (χ1n) is 28.5. The quantitative estimate of drug-likeness (QED) is 0.0228. The molecule has 6 atom stereocenters. The van der Waals surface area contributed by atoms with E-state index in [0.29, 0.717) is 25.7 Å². The van der Waals surface area contributed by atoms with Gasteiger partial charge in [-0.25, -0.2) is 4.79 Å². The van der Waals surface area contributed by atoms with Crippen molar-refractivity contribution in [3.8, 4) is 0 Å². The Bertz CT molecular complexity index is 1940. The number of rotatable bonds is 45. The number of unbranched alkanes of at least 4 members (excludes halogenated alkanes) is 6. The van der Waals surface area contributed by atoms with Crippen molar-refractivity contribution in [2.75, 3.05) is 13.2 Å². The number of aliphatic hydroxyl groups excluding tert-OH is 2. The summed E-state index contributed by atoms with van der Waals surface area (Å²) in [6, 6.07) is 0. The number of carbonyl (C=O) groups excluding carboxylic acids is 3. The fraction of sp³-hybridized carbons (Fsp3) is 0.538. The third kappa shape index (κ3) is 41.2. The van der Waals surface area contributed by atoms with Crippen molar-refractivity contribution < 1.29 is 58.2 Å². The van der Waals surface area contributed by atoms with E-state index in [1.807, 2.05) is 30.4 Å². The first kappa shape index (κ1) is 69.4. The second-order valence-electron chi connectivity index (χ2n) is 18.4. The van der Waals surface area contributed by atoms with Crippen LogP contribution in [0.3, 0.4) is 0 Å². The molecule has 0 saturated carbocycles. The van der Waals surface area contributed by atoms with E-state index in [1.54, 1.807) is 6.08 Å². The highest BCUT2D eigenvalue weighted by Crippen LogP contribution is 2.26. The van der Waals surface area contributed by atoms with Crippen molar-refractivity contribution in [3.63, 3.8) is 0 Å². The number of aliphatic carboxylic acids is 1. The van der Waals surface area contributed by atoms with Crippen LogP contribution >= 0.6 is 0 Å². The second kappa shape index (κ2) is 51.1. The predicted octanol–water partition coefficient (Wildman–Crippen LogP) is 14.6. The lowest BCUT2D eigenvalue weighted by molar-refractivity contribution is -0.301. The van der Waals surface area contributed by atoms with Crippen molar-refractivity contribution >= 4 is 23.9 Å². The summed E-state index contributed by atoms with van der Waals surface area (Å²) < 4.78 is 28.2. The molecule has 0 amide bonds. The Balaban J connectivity index is 2.82. The third-order valence-electron chi connectivity index (χ3n) is 11.6. The van der Waals surface area contributed by atoms with Crippen molar-refractivity contribution in [2.24, 2.45) is 0 Å². The molecule has 0 aliphatic carbocycles. The molecule has 1 aliphatic heterocycles. The molecule has 3 N–H and O–H groups in total. The number of allylic oxidation sites excluding steroid dienone is 25. The van der Waals surface area contributed by atoms with Crippen molar-refractivity contribution in [3.05, 3.63) is 158 Å². The normalized spacial score (nSPS) is 19.2. The van der Waals surface area contributed by atoms with E-state index in [9.17, 15) is 34.5 Å². The predicted molar refractivity (Wildman–Crippen MR) is 312 cm³/mol. The molecule has 1 rings (SSSR count). The minimum Gasteiger partial charge on any atom is -0.479 e. The van der Waals surface area contributed by atoms with Gasteiger partial charge in [0.15, 0.2) is 24.6 Å². The van der Waals surface area contributed by atoms with Crippen LogP contribution in [-0.2, 0) is 42.9 Å². The minimum absolute atomic E-state index is 0.0150. The van der Waals surface area contributed by atoms with Gasteiger partial charge in [0.25, 0.3) is 0 Å². The summed E-state index contributed by atoms with van der Waals surface area (Å²) in [5, 5.41) is 31.4. The van der Waals surface area contributed by atoms with Crippen LogP contribution in [0.2, 0.25) is 0 Å². The van der Waals surface area contributed by atoms with E-state index in [4.69, 9.17) is 23.7 Å². The lowest BCUT2D eigenvalue weighted by Crippen LogP contribution is -2.61. The molecule has 1 aliphatic rings. The maximum atomic E-state index is 13.1. The van der Waals surface area contributed by atoms with Crippen molar-refractivity contribution in [2.45, 2.75) is 212 Å². The maximum Gasteiger partial charge on any atom is 0.335 e. The number of esters is 3. The molecule has 1 saturated heterocycles. The molecular formula is C65H96O12. The van der Waals surface area contributed by atoms with Crippen LogP contribution in [0, 0.1) is 0 Å². The molecule has 0 radical (unpaired) electrons. The van der Waals surface area contributed by atoms with E-state index in [-0.39, 0.29) is 19.3 Å². The Hall–Kier alpha value is -5.66. The highest BCUT2D eigenvalue weighted by Gasteiger charge is 2.50. The standard InChI is InChI=1S/C65H96O12/c1-4-7-10-13-16-19-22-25-28-29-32-33-36-39-42-45-48-51-57(66)73-54-56(75-58(67)52-49-46-43-40-37-34-30-26-23-20-17-14-11-8-5-2)55-74-65-63(61(70)60(69)62(77-65)64(71)72)76-59(68)53-50-47-44-41-38-35-31-27-24-21-18-15-12-9-6-3/h7-12,16-21,25-28,30-33,37,39-40,42,46,49,56,60-63,65,69-70H,4-6,13-15,22-24,29,34-36,38,41,43-45,47-48,50-55H2,1-3H3,(H,71,72)/b10-7-,11-8-,12-9-,19-16-,20-17-,21-18-,28-25-,30-26-,31-27-,33-32-,40-37-,42-39-,49-46-. The van der Waals surface area contributed by atoms with Crippen LogP contribution in [0.5, 0.6) is 0 Å². The summed E-state index contributed by atoms with van der Waals surface area (Å²) in [4.78, 5) is 51.0. The average Bonchev–Trinajstić information content (AvgIpc) is 3.42. The number of ether oxygens (including phenoxy) is 5. The Labute approximate surface area is 463 Å². The highest BCUT2D eigenvalue weighted by molar-refractivity contribution is 5.74. The van der Waals surface area contributed by atoms with E-state index in [0.717, 1.165) is 109 Å². The Morgan fingerprint density at radius 3 is 1.29 bits per heavy atom. The van der Waals surface area contributed by atoms with Crippen LogP contribution < -0.4 is 0 Å². The van der Waals surface area contributed by atoms with E-state index in [1.165, 1.54) is 0 Å². The largest absolute Gasteiger partial charge is 0.479 e. The van der Waals surface area contributed by atoms with Gasteiger partial charge in [0.1, 0.15) is 18.8 Å². The highest BCUT2D eigenvalue weighted by atomic mass is 16.7. The average molecular weight is 1070 g/mol. The zero-order valence-corrected chi connectivity index (χ0v) is 46.9. The first-order valence-corrected chi connectivity index (χ1v) is 28.5. The number of hydrogen-bond acceptors (Lipinski definition) is 11. The molecule has 0 aromatic heterocycles. The Morgan fingerprint density at radius 2 is 0.831 bits per heavy atom. The number of carboxylic acid groups (broad SMARTS) is 1. The number of carbonyl (C=O) groups is 4. The summed E-state index contributed by atoms with van der Waals surface area (Å²) in [5.41, 5.74) is 0. The van der Waals surface area contributed by atoms with Crippen molar-refractivity contribution in [1.82, 2.24) is 0 Å². The summed E-state index contributed by atoms with van der Waals surface area (Å²) in [6.07, 6.45) is 62.5. The third-order valence-corrected chi connectivity index (χ3v) is 11.6. The monoisotopic (exact) mass is 1070 g/mol. The summed E-state index contributed by atoms with van der Waals surface area (Å²) in [5.74, 6) is -3.42. The second-order valence-corrected chi connectivity index (χ2v) is 18.4. The van der Waals surface area contributed by atoms with Crippen LogP contribution in [0.25, 0.3) is 0 Å². The van der Waals surface area contributed by atoms with Crippen LogP contribution in [0.4, 0.5) is 0 Å². The molecule has 12 heteroatoms. The fourth-order valence-corrected chi connectivity index (χ4v) is 7.37. The topological polar surface area (TPSA) is 175 Å². The van der Waals surface area contributed by atoms with Gasteiger partial charge in [-0.15, -0.1) is 0 Å². The molecule has 1 fully saturated rings. The number of hydrogen-bond donors (Lipinski definition) is 3. The molecule has 12 nitrogen and oxygen atoms in total. The Morgan fingerprint density at radius 1 is 0.442 bits per heavy atom. The van der Waals surface area contributed by atoms with Gasteiger partial charge in [-0.2, -0.15) is 0 Å². The lowest BCUT2D eigenvalue weighted by Gasteiger charge is -2.40. The SMILES string of the molecule is CC/C=C\C/C=C\C/C=C\C/C=C\C/C=C\CCCC(=O)OCC(COC1OC(C(=O)O)C(O)C(O)C1OC(=O)CCCCCCC/C=C\C/C=C\C/C=C\CC)OC(=O)C/C=C\C/C=C\C/C=C\C/C=C\C/C=C\CC. The summed E-state index contributed by atoms with van der Waals surface area (Å²) in [6.45, 7) is 5.48. The maximum absolute atomic E-state index is 13.1. The smallest absolute Gasteiger partial charge is 0.335 e. The minimum atomic E-state index is -1.94. The van der Waals surface area contributed by atoms with Crippen molar-refractivity contribution in [1.29, 1.82) is 0 Å². The fourth-order valence-electron chi connectivity index (χ4n) is 7.37. The molecule has 0 aromatic rings. The van der Waals surface area contributed by atoms with Crippen LogP contribution in [-0.4, -0.2) is 89.2 Å². The van der Waals surface area contributed by atoms with E-state index >= 15 is 0 Å². The molecule has 0 bridgehead atoms. The number of carboxylic acids is 1. The zero-order valence-electron chi connectivity index (χ0n) is 46.9. The van der Waals surface area contributed by atoms with Gasteiger partial charge in [-0.05, 0) is 116 Å². The molecule has 0 spiro atoms. The van der Waals surface area contributed by atoms with Gasteiger partial charge < -0.3 is 39.0 Å². The molecular weight excluding hydrogens is 973 g/mol. The molecule has 428 valence electrons.